The summed E-state index contributed by atoms with van der Waals surface area (Å²) in [6, 6.07) is 3.18. The molecule has 1 heterocycles. The maximum atomic E-state index is 8.96. The van der Waals surface area contributed by atoms with Crippen LogP contribution >= 0.6 is 0 Å². The van der Waals surface area contributed by atoms with Gasteiger partial charge in [0.1, 0.15) is 5.75 Å². The standard InChI is InChI=1S/C10H15NO3/c1-2-13-6-3-7-14-10-5-4-9(12)8-11-10/h4-5,8,12H,2-3,6-7H2,1H3. The average Bonchev–Trinajstić information content (AvgIpc) is 2.21. The van der Waals surface area contributed by atoms with E-state index in [1.165, 1.54) is 6.20 Å². The molecule has 0 unspecified atom stereocenters. The van der Waals surface area contributed by atoms with Crippen LogP contribution in [-0.2, 0) is 4.74 Å². The number of ether oxygens (including phenoxy) is 2. The molecule has 0 fully saturated rings. The molecule has 14 heavy (non-hydrogen) atoms. The Balaban J connectivity index is 2.15. The van der Waals surface area contributed by atoms with Crippen molar-refractivity contribution in [3.05, 3.63) is 18.3 Å². The molecular formula is C10H15NO3. The second kappa shape index (κ2) is 6.21. The zero-order valence-corrected chi connectivity index (χ0v) is 8.27. The molecule has 1 aromatic heterocycles. The number of pyridine rings is 1. The summed E-state index contributed by atoms with van der Waals surface area (Å²) in [4.78, 5) is 3.88. The van der Waals surface area contributed by atoms with Crippen LogP contribution in [0.4, 0.5) is 0 Å². The van der Waals surface area contributed by atoms with Crippen LogP contribution in [0, 0.1) is 0 Å². The van der Waals surface area contributed by atoms with E-state index in [9.17, 15) is 0 Å². The van der Waals surface area contributed by atoms with Gasteiger partial charge in [0, 0.05) is 25.7 Å². The molecule has 0 saturated heterocycles. The smallest absolute Gasteiger partial charge is 0.213 e. The van der Waals surface area contributed by atoms with Crippen molar-refractivity contribution in [2.75, 3.05) is 19.8 Å². The van der Waals surface area contributed by atoms with Crippen LogP contribution in [0.5, 0.6) is 11.6 Å². The summed E-state index contributed by atoms with van der Waals surface area (Å²) in [6.07, 6.45) is 2.20. The molecule has 0 saturated carbocycles. The van der Waals surface area contributed by atoms with Crippen LogP contribution in [0.15, 0.2) is 18.3 Å². The summed E-state index contributed by atoms with van der Waals surface area (Å²) in [6.45, 7) is 3.98. The first kappa shape index (κ1) is 10.8. The molecule has 78 valence electrons. The number of aromatic hydroxyl groups is 1. The molecule has 1 rings (SSSR count). The van der Waals surface area contributed by atoms with Gasteiger partial charge in [-0.2, -0.15) is 0 Å². The Morgan fingerprint density at radius 3 is 2.86 bits per heavy atom. The fraction of sp³-hybridized carbons (Fsp3) is 0.500. The van der Waals surface area contributed by atoms with Gasteiger partial charge >= 0.3 is 0 Å². The second-order valence-electron chi connectivity index (χ2n) is 2.75. The molecule has 0 atom stereocenters. The van der Waals surface area contributed by atoms with Crippen LogP contribution < -0.4 is 4.74 Å². The maximum Gasteiger partial charge on any atom is 0.213 e. The van der Waals surface area contributed by atoms with Gasteiger partial charge in [0.2, 0.25) is 5.88 Å². The topological polar surface area (TPSA) is 51.6 Å². The molecule has 0 amide bonds. The first-order valence-electron chi connectivity index (χ1n) is 4.68. The number of rotatable bonds is 6. The molecule has 4 heteroatoms. The fourth-order valence-corrected chi connectivity index (χ4v) is 0.940. The van der Waals surface area contributed by atoms with Crippen molar-refractivity contribution in [2.24, 2.45) is 0 Å². The number of nitrogens with zero attached hydrogens (tertiary/aromatic N) is 1. The van der Waals surface area contributed by atoms with Gasteiger partial charge in [-0.15, -0.1) is 0 Å². The lowest BCUT2D eigenvalue weighted by molar-refractivity contribution is 0.130. The van der Waals surface area contributed by atoms with E-state index in [1.54, 1.807) is 12.1 Å². The molecule has 0 aliphatic carbocycles. The number of hydrogen-bond donors (Lipinski definition) is 1. The quantitative estimate of drug-likeness (QED) is 0.704. The first-order chi connectivity index (χ1) is 6.83. The third-order valence-electron chi connectivity index (χ3n) is 1.61. The van der Waals surface area contributed by atoms with Gasteiger partial charge in [-0.3, -0.25) is 0 Å². The van der Waals surface area contributed by atoms with E-state index in [0.717, 1.165) is 13.0 Å². The van der Waals surface area contributed by atoms with E-state index in [2.05, 4.69) is 4.98 Å². The van der Waals surface area contributed by atoms with E-state index in [-0.39, 0.29) is 5.75 Å². The van der Waals surface area contributed by atoms with Crippen molar-refractivity contribution in [1.29, 1.82) is 0 Å². The zero-order chi connectivity index (χ0) is 10.2. The molecule has 0 radical (unpaired) electrons. The van der Waals surface area contributed by atoms with E-state index in [0.29, 0.717) is 19.1 Å². The van der Waals surface area contributed by atoms with Gasteiger partial charge in [0.15, 0.2) is 0 Å². The molecule has 0 aromatic carbocycles. The molecule has 1 N–H and O–H groups in total. The molecule has 0 spiro atoms. The highest BCUT2D eigenvalue weighted by molar-refractivity contribution is 5.20. The lowest BCUT2D eigenvalue weighted by Crippen LogP contribution is -2.03. The Morgan fingerprint density at radius 2 is 2.21 bits per heavy atom. The molecule has 1 aromatic rings. The predicted octanol–water partition coefficient (Wildman–Crippen LogP) is 1.59. The summed E-state index contributed by atoms with van der Waals surface area (Å²) < 4.78 is 10.5. The lowest BCUT2D eigenvalue weighted by atomic mass is 10.4. The molecule has 4 nitrogen and oxygen atoms in total. The maximum absolute atomic E-state index is 8.96. The van der Waals surface area contributed by atoms with Gasteiger partial charge < -0.3 is 14.6 Å². The van der Waals surface area contributed by atoms with E-state index in [4.69, 9.17) is 14.6 Å². The van der Waals surface area contributed by atoms with Crippen LogP contribution in [0.1, 0.15) is 13.3 Å². The third kappa shape index (κ3) is 4.09. The summed E-state index contributed by atoms with van der Waals surface area (Å²) in [5.74, 6) is 0.672. The molecule has 0 aliphatic rings. The highest BCUT2D eigenvalue weighted by atomic mass is 16.5. The molecular weight excluding hydrogens is 182 g/mol. The SMILES string of the molecule is CCOCCCOc1ccc(O)cn1. The minimum atomic E-state index is 0.145. The van der Waals surface area contributed by atoms with Crippen molar-refractivity contribution in [1.82, 2.24) is 4.98 Å². The van der Waals surface area contributed by atoms with Gasteiger partial charge in [-0.1, -0.05) is 0 Å². The average molecular weight is 197 g/mol. The van der Waals surface area contributed by atoms with Crippen molar-refractivity contribution in [3.8, 4) is 11.6 Å². The minimum absolute atomic E-state index is 0.145. The Morgan fingerprint density at radius 1 is 1.36 bits per heavy atom. The third-order valence-corrected chi connectivity index (χ3v) is 1.61. The summed E-state index contributed by atoms with van der Waals surface area (Å²) in [5, 5.41) is 8.96. The highest BCUT2D eigenvalue weighted by Gasteiger charge is 1.95. The monoisotopic (exact) mass is 197 g/mol. The van der Waals surface area contributed by atoms with E-state index < -0.39 is 0 Å². The summed E-state index contributed by atoms with van der Waals surface area (Å²) >= 11 is 0. The van der Waals surface area contributed by atoms with E-state index in [1.807, 2.05) is 6.92 Å². The van der Waals surface area contributed by atoms with E-state index >= 15 is 0 Å². The summed E-state index contributed by atoms with van der Waals surface area (Å²) in [5.41, 5.74) is 0. The van der Waals surface area contributed by atoms with Gasteiger partial charge in [0.25, 0.3) is 0 Å². The van der Waals surface area contributed by atoms with Crippen LogP contribution in [0.2, 0.25) is 0 Å². The van der Waals surface area contributed by atoms with Gasteiger partial charge in [-0.05, 0) is 13.0 Å². The normalized spacial score (nSPS) is 10.1. The second-order valence-corrected chi connectivity index (χ2v) is 2.75. The Kier molecular flexibility index (Phi) is 4.78. The number of aromatic nitrogens is 1. The fourth-order valence-electron chi connectivity index (χ4n) is 0.940. The van der Waals surface area contributed by atoms with Crippen molar-refractivity contribution < 1.29 is 14.6 Å². The van der Waals surface area contributed by atoms with Gasteiger partial charge in [0.05, 0.1) is 12.8 Å². The first-order valence-corrected chi connectivity index (χ1v) is 4.68. The van der Waals surface area contributed by atoms with Crippen molar-refractivity contribution in [2.45, 2.75) is 13.3 Å². The van der Waals surface area contributed by atoms with Crippen LogP contribution in [0.3, 0.4) is 0 Å². The van der Waals surface area contributed by atoms with Crippen LogP contribution in [-0.4, -0.2) is 29.9 Å². The Labute approximate surface area is 83.5 Å². The van der Waals surface area contributed by atoms with Crippen molar-refractivity contribution >= 4 is 0 Å². The molecule has 0 aliphatic heterocycles. The zero-order valence-electron chi connectivity index (χ0n) is 8.27. The highest BCUT2D eigenvalue weighted by Crippen LogP contribution is 2.11. The Bertz CT molecular complexity index is 248. The summed E-state index contributed by atoms with van der Waals surface area (Å²) in [7, 11) is 0. The van der Waals surface area contributed by atoms with Gasteiger partial charge in [-0.25, -0.2) is 4.98 Å². The molecule has 0 bridgehead atoms. The number of hydrogen-bond acceptors (Lipinski definition) is 4. The Hall–Kier alpha value is -1.29. The van der Waals surface area contributed by atoms with Crippen LogP contribution in [0.25, 0.3) is 0 Å². The predicted molar refractivity (Wildman–Crippen MR) is 52.5 cm³/mol. The minimum Gasteiger partial charge on any atom is -0.506 e. The lowest BCUT2D eigenvalue weighted by Gasteiger charge is -2.04. The largest absolute Gasteiger partial charge is 0.506 e. The van der Waals surface area contributed by atoms with Crippen molar-refractivity contribution in [3.63, 3.8) is 0 Å².